The van der Waals surface area contributed by atoms with E-state index in [9.17, 15) is 9.59 Å². The summed E-state index contributed by atoms with van der Waals surface area (Å²) in [5.74, 6) is -0.889. The van der Waals surface area contributed by atoms with Crippen LogP contribution in [0.3, 0.4) is 0 Å². The predicted octanol–water partition coefficient (Wildman–Crippen LogP) is 1.11. The lowest BCUT2D eigenvalue weighted by Gasteiger charge is -2.24. The lowest BCUT2D eigenvalue weighted by atomic mass is 10.1. The molecule has 3 N–H and O–H groups in total. The lowest BCUT2D eigenvalue weighted by Crippen LogP contribution is -2.48. The summed E-state index contributed by atoms with van der Waals surface area (Å²) in [6.07, 6.45) is 3.10. The highest BCUT2D eigenvalue weighted by atomic mass is 16.5. The molecule has 104 valence electrons. The monoisotopic (exact) mass is 258 g/mol. The molecule has 1 heterocycles. The number of carbonyl (C=O) groups is 2. The number of carbonyl (C=O) groups excluding carboxylic acids is 1. The van der Waals surface area contributed by atoms with Crippen molar-refractivity contribution in [1.29, 1.82) is 0 Å². The van der Waals surface area contributed by atoms with Crippen LogP contribution in [-0.2, 0) is 9.53 Å². The number of ether oxygens (including phenoxy) is 1. The molecule has 1 saturated heterocycles. The third-order valence-corrected chi connectivity index (χ3v) is 2.95. The maximum atomic E-state index is 11.7. The van der Waals surface area contributed by atoms with Crippen LogP contribution >= 0.6 is 0 Å². The molecule has 0 aromatic heterocycles. The van der Waals surface area contributed by atoms with Gasteiger partial charge in [0.1, 0.15) is 0 Å². The molecule has 0 aromatic rings. The number of amides is 2. The summed E-state index contributed by atoms with van der Waals surface area (Å²) in [7, 11) is 0. The molecule has 2 amide bonds. The Hall–Kier alpha value is -1.30. The number of carboxylic acids is 1. The molecule has 0 aliphatic carbocycles. The van der Waals surface area contributed by atoms with E-state index in [1.165, 1.54) is 0 Å². The van der Waals surface area contributed by atoms with Gasteiger partial charge in [-0.1, -0.05) is 13.3 Å². The minimum atomic E-state index is -0.889. The van der Waals surface area contributed by atoms with Crippen LogP contribution in [0.5, 0.6) is 0 Å². The third kappa shape index (κ3) is 5.86. The van der Waals surface area contributed by atoms with E-state index in [0.29, 0.717) is 19.6 Å². The second kappa shape index (κ2) is 7.92. The van der Waals surface area contributed by atoms with Crippen LogP contribution in [0, 0.1) is 0 Å². The van der Waals surface area contributed by atoms with Gasteiger partial charge < -0.3 is 20.5 Å². The molecule has 1 rings (SSSR count). The molecule has 18 heavy (non-hydrogen) atoms. The Kier molecular flexibility index (Phi) is 6.49. The van der Waals surface area contributed by atoms with Crippen LogP contribution in [0.1, 0.15) is 39.0 Å². The van der Waals surface area contributed by atoms with Crippen molar-refractivity contribution in [2.24, 2.45) is 0 Å². The van der Waals surface area contributed by atoms with Gasteiger partial charge in [0.2, 0.25) is 0 Å². The molecule has 0 spiro atoms. The van der Waals surface area contributed by atoms with Gasteiger partial charge in [0.05, 0.1) is 6.42 Å². The Morgan fingerprint density at radius 3 is 2.61 bits per heavy atom. The van der Waals surface area contributed by atoms with Crippen LogP contribution in [0.25, 0.3) is 0 Å². The van der Waals surface area contributed by atoms with Crippen LogP contribution in [0.2, 0.25) is 0 Å². The zero-order chi connectivity index (χ0) is 13.4. The van der Waals surface area contributed by atoms with E-state index in [2.05, 4.69) is 10.6 Å². The van der Waals surface area contributed by atoms with Crippen molar-refractivity contribution in [2.75, 3.05) is 13.2 Å². The summed E-state index contributed by atoms with van der Waals surface area (Å²) in [5.41, 5.74) is 0. The molecule has 1 fully saturated rings. The van der Waals surface area contributed by atoms with E-state index >= 15 is 0 Å². The molecule has 6 nitrogen and oxygen atoms in total. The summed E-state index contributed by atoms with van der Waals surface area (Å²) < 4.78 is 5.20. The van der Waals surface area contributed by atoms with Gasteiger partial charge in [0.15, 0.2) is 0 Å². The zero-order valence-electron chi connectivity index (χ0n) is 10.8. The maximum Gasteiger partial charge on any atom is 0.315 e. The van der Waals surface area contributed by atoms with E-state index in [4.69, 9.17) is 9.84 Å². The summed E-state index contributed by atoms with van der Waals surface area (Å²) in [4.78, 5) is 22.4. The fourth-order valence-corrected chi connectivity index (χ4v) is 2.04. The van der Waals surface area contributed by atoms with Gasteiger partial charge in [-0.25, -0.2) is 4.79 Å². The Labute approximate surface area is 107 Å². The van der Waals surface area contributed by atoms with Crippen molar-refractivity contribution in [3.63, 3.8) is 0 Å². The third-order valence-electron chi connectivity index (χ3n) is 2.95. The topological polar surface area (TPSA) is 87.7 Å². The van der Waals surface area contributed by atoms with Crippen molar-refractivity contribution in [3.05, 3.63) is 0 Å². The molecule has 1 atom stereocenters. The predicted molar refractivity (Wildman–Crippen MR) is 66.5 cm³/mol. The van der Waals surface area contributed by atoms with Crippen molar-refractivity contribution in [2.45, 2.75) is 51.1 Å². The van der Waals surface area contributed by atoms with E-state index in [0.717, 1.165) is 19.3 Å². The first-order chi connectivity index (χ1) is 8.61. The molecule has 6 heteroatoms. The Balaban J connectivity index is 2.32. The van der Waals surface area contributed by atoms with Crippen molar-refractivity contribution < 1.29 is 19.4 Å². The molecule has 1 aliphatic heterocycles. The number of carboxylic acid groups (broad SMARTS) is 1. The highest BCUT2D eigenvalue weighted by molar-refractivity contribution is 5.76. The van der Waals surface area contributed by atoms with Crippen LogP contribution in [-0.4, -0.2) is 42.4 Å². The van der Waals surface area contributed by atoms with E-state index in [-0.39, 0.29) is 24.5 Å². The Morgan fingerprint density at radius 1 is 1.39 bits per heavy atom. The standard InChI is InChI=1S/C12H22N2O4/c1-2-3-10(8-11(15)16)14-12(17)13-9-4-6-18-7-5-9/h9-10H,2-8H2,1H3,(H,15,16)(H2,13,14,17). The van der Waals surface area contributed by atoms with Gasteiger partial charge in [-0.3, -0.25) is 4.79 Å². The molecular formula is C12H22N2O4. The summed E-state index contributed by atoms with van der Waals surface area (Å²) >= 11 is 0. The SMILES string of the molecule is CCCC(CC(=O)O)NC(=O)NC1CCOCC1. The average Bonchev–Trinajstić information content (AvgIpc) is 2.29. The molecule has 1 aliphatic rings. The van der Waals surface area contributed by atoms with Crippen molar-refractivity contribution >= 4 is 12.0 Å². The number of rotatable bonds is 6. The number of urea groups is 1. The lowest BCUT2D eigenvalue weighted by molar-refractivity contribution is -0.137. The van der Waals surface area contributed by atoms with Crippen molar-refractivity contribution in [1.82, 2.24) is 10.6 Å². The number of hydrogen-bond acceptors (Lipinski definition) is 3. The second-order valence-corrected chi connectivity index (χ2v) is 4.59. The maximum absolute atomic E-state index is 11.7. The van der Waals surface area contributed by atoms with Gasteiger partial charge in [-0.15, -0.1) is 0 Å². The molecule has 1 unspecified atom stereocenters. The van der Waals surface area contributed by atoms with Crippen LogP contribution < -0.4 is 10.6 Å². The van der Waals surface area contributed by atoms with E-state index in [1.54, 1.807) is 0 Å². The summed E-state index contributed by atoms with van der Waals surface area (Å²) in [6, 6.07) is -0.445. The first kappa shape index (κ1) is 14.8. The highest BCUT2D eigenvalue weighted by Gasteiger charge is 2.19. The van der Waals surface area contributed by atoms with Gasteiger partial charge in [-0.05, 0) is 19.3 Å². The first-order valence-corrected chi connectivity index (χ1v) is 6.48. The van der Waals surface area contributed by atoms with E-state index < -0.39 is 5.97 Å². The smallest absolute Gasteiger partial charge is 0.315 e. The number of aliphatic carboxylic acids is 1. The molecular weight excluding hydrogens is 236 g/mol. The minimum absolute atomic E-state index is 0.0327. The molecule has 0 saturated carbocycles. The molecule has 0 radical (unpaired) electrons. The van der Waals surface area contributed by atoms with Gasteiger partial charge in [0.25, 0.3) is 0 Å². The van der Waals surface area contributed by atoms with Crippen molar-refractivity contribution in [3.8, 4) is 0 Å². The van der Waals surface area contributed by atoms with Gasteiger partial charge in [-0.2, -0.15) is 0 Å². The average molecular weight is 258 g/mol. The fourth-order valence-electron chi connectivity index (χ4n) is 2.04. The Bertz CT molecular complexity index is 277. The molecule has 0 aromatic carbocycles. The zero-order valence-corrected chi connectivity index (χ0v) is 10.8. The summed E-state index contributed by atoms with van der Waals surface area (Å²) in [6.45, 7) is 3.30. The minimum Gasteiger partial charge on any atom is -0.481 e. The quantitative estimate of drug-likeness (QED) is 0.666. The molecule has 0 bridgehead atoms. The number of nitrogens with one attached hydrogen (secondary N) is 2. The van der Waals surface area contributed by atoms with Gasteiger partial charge >= 0.3 is 12.0 Å². The fraction of sp³-hybridized carbons (Fsp3) is 0.833. The van der Waals surface area contributed by atoms with Crippen LogP contribution in [0.15, 0.2) is 0 Å². The number of hydrogen-bond donors (Lipinski definition) is 3. The Morgan fingerprint density at radius 2 is 2.06 bits per heavy atom. The second-order valence-electron chi connectivity index (χ2n) is 4.59. The summed E-state index contributed by atoms with van der Waals surface area (Å²) in [5, 5.41) is 14.3. The highest BCUT2D eigenvalue weighted by Crippen LogP contribution is 2.06. The van der Waals surface area contributed by atoms with E-state index in [1.807, 2.05) is 6.92 Å². The normalized spacial score (nSPS) is 18.1. The van der Waals surface area contributed by atoms with Gasteiger partial charge in [0, 0.05) is 25.3 Å². The largest absolute Gasteiger partial charge is 0.481 e. The first-order valence-electron chi connectivity index (χ1n) is 6.48. The van der Waals surface area contributed by atoms with Crippen LogP contribution in [0.4, 0.5) is 4.79 Å².